The second-order valence-electron chi connectivity index (χ2n) is 7.82. The molecule has 3 aromatic rings. The van der Waals surface area contributed by atoms with Crippen molar-refractivity contribution in [1.29, 1.82) is 0 Å². The number of ether oxygens (including phenoxy) is 2. The van der Waals surface area contributed by atoms with Crippen LogP contribution in [0.2, 0.25) is 0 Å². The van der Waals surface area contributed by atoms with Crippen LogP contribution in [-0.2, 0) is 9.53 Å². The number of fused-ring (bicyclic) bond motifs is 1. The van der Waals surface area contributed by atoms with Gasteiger partial charge in [0.25, 0.3) is 11.2 Å². The Labute approximate surface area is 210 Å². The Bertz CT molecular complexity index is 1550. The molecular formula is C26H23N3O6S. The van der Waals surface area contributed by atoms with Gasteiger partial charge in [-0.1, -0.05) is 48.3 Å². The number of carbonyl (C=O) groups is 1. The van der Waals surface area contributed by atoms with E-state index in [0.717, 1.165) is 11.3 Å². The number of nitro groups is 1. The number of hydrogen-bond donors (Lipinski definition) is 0. The molecule has 36 heavy (non-hydrogen) atoms. The highest BCUT2D eigenvalue weighted by molar-refractivity contribution is 7.07. The molecule has 2 aromatic carbocycles. The molecule has 0 saturated heterocycles. The summed E-state index contributed by atoms with van der Waals surface area (Å²) in [5.74, 6) is 0.0683. The largest absolute Gasteiger partial charge is 0.494 e. The molecule has 0 spiro atoms. The molecule has 0 radical (unpaired) electrons. The molecule has 1 aromatic heterocycles. The van der Waals surface area contributed by atoms with Crippen LogP contribution in [0.15, 0.2) is 82.2 Å². The normalized spacial score (nSPS) is 15.2. The fourth-order valence-corrected chi connectivity index (χ4v) is 4.95. The summed E-state index contributed by atoms with van der Waals surface area (Å²) in [4.78, 5) is 42.3. The zero-order valence-corrected chi connectivity index (χ0v) is 20.5. The monoisotopic (exact) mass is 505 g/mol. The molecule has 1 atom stereocenters. The average molecular weight is 506 g/mol. The third-order valence-electron chi connectivity index (χ3n) is 5.46. The van der Waals surface area contributed by atoms with Gasteiger partial charge in [0.1, 0.15) is 12.4 Å². The van der Waals surface area contributed by atoms with Crippen molar-refractivity contribution in [3.8, 4) is 5.75 Å². The zero-order chi connectivity index (χ0) is 25.8. The number of non-ortho nitro benzene ring substituents is 1. The number of rotatable bonds is 8. The first-order chi connectivity index (χ1) is 17.3. The molecular weight excluding hydrogens is 482 g/mol. The van der Waals surface area contributed by atoms with Gasteiger partial charge in [-0.2, -0.15) is 0 Å². The van der Waals surface area contributed by atoms with Crippen molar-refractivity contribution >= 4 is 29.1 Å². The number of esters is 1. The standard InChI is InChI=1S/C26H23N3O6S/c1-4-13-35-25(31)22-16(3)27-26-28(23(22)18-9-11-20(12-10-18)34-5-2)24(30)21(36-26)15-17-7-6-8-19(14-17)29(32)33/h4,6-12,14-15,23H,1,5,13H2,2-3H3/b21-15-. The third kappa shape index (κ3) is 4.89. The number of thiazole rings is 1. The van der Waals surface area contributed by atoms with E-state index in [2.05, 4.69) is 11.6 Å². The van der Waals surface area contributed by atoms with Crippen molar-refractivity contribution in [2.24, 2.45) is 4.99 Å². The number of nitrogens with zero attached hydrogens (tertiary/aromatic N) is 3. The topological polar surface area (TPSA) is 113 Å². The smallest absolute Gasteiger partial charge is 0.338 e. The van der Waals surface area contributed by atoms with Gasteiger partial charge in [0.05, 0.1) is 33.4 Å². The maximum Gasteiger partial charge on any atom is 0.338 e. The highest BCUT2D eigenvalue weighted by Crippen LogP contribution is 2.31. The van der Waals surface area contributed by atoms with E-state index in [1.54, 1.807) is 49.4 Å². The quantitative estimate of drug-likeness (QED) is 0.201. The molecule has 1 aliphatic heterocycles. The van der Waals surface area contributed by atoms with Gasteiger partial charge >= 0.3 is 5.97 Å². The first kappa shape index (κ1) is 24.8. The van der Waals surface area contributed by atoms with Gasteiger partial charge in [-0.05, 0) is 43.2 Å². The first-order valence-electron chi connectivity index (χ1n) is 11.1. The lowest BCUT2D eigenvalue weighted by Gasteiger charge is -2.24. The van der Waals surface area contributed by atoms with Crippen LogP contribution in [0.5, 0.6) is 5.75 Å². The fraction of sp³-hybridized carbons (Fsp3) is 0.192. The molecule has 0 fully saturated rings. The van der Waals surface area contributed by atoms with E-state index >= 15 is 0 Å². The second kappa shape index (κ2) is 10.5. The van der Waals surface area contributed by atoms with Crippen molar-refractivity contribution in [2.45, 2.75) is 19.9 Å². The van der Waals surface area contributed by atoms with Crippen LogP contribution >= 0.6 is 11.3 Å². The van der Waals surface area contributed by atoms with Gasteiger partial charge in [-0.3, -0.25) is 19.5 Å². The Kier molecular flexibility index (Phi) is 7.25. The minimum Gasteiger partial charge on any atom is -0.494 e. The Balaban J connectivity index is 1.90. The Morgan fingerprint density at radius 2 is 2.03 bits per heavy atom. The van der Waals surface area contributed by atoms with Crippen LogP contribution < -0.4 is 19.6 Å². The summed E-state index contributed by atoms with van der Waals surface area (Å²) in [6.45, 7) is 7.68. The molecule has 0 saturated carbocycles. The maximum atomic E-state index is 13.6. The Hall–Kier alpha value is -4.31. The van der Waals surface area contributed by atoms with Gasteiger partial charge in [-0.25, -0.2) is 9.79 Å². The van der Waals surface area contributed by atoms with Crippen molar-refractivity contribution in [1.82, 2.24) is 4.57 Å². The molecule has 0 aliphatic carbocycles. The number of aromatic nitrogens is 1. The van der Waals surface area contributed by atoms with Crippen molar-refractivity contribution in [2.75, 3.05) is 13.2 Å². The van der Waals surface area contributed by atoms with Crippen LogP contribution in [0, 0.1) is 10.1 Å². The van der Waals surface area contributed by atoms with Gasteiger partial charge in [0.2, 0.25) is 0 Å². The number of nitro benzene ring substituents is 1. The van der Waals surface area contributed by atoms with Gasteiger partial charge in [0.15, 0.2) is 4.80 Å². The summed E-state index contributed by atoms with van der Waals surface area (Å²) in [5.41, 5.74) is 1.42. The lowest BCUT2D eigenvalue weighted by Crippen LogP contribution is -2.39. The van der Waals surface area contributed by atoms with E-state index in [4.69, 9.17) is 9.47 Å². The predicted molar refractivity (Wildman–Crippen MR) is 136 cm³/mol. The minimum absolute atomic E-state index is 0.0167. The molecule has 1 aliphatic rings. The van der Waals surface area contributed by atoms with Crippen molar-refractivity contribution in [3.63, 3.8) is 0 Å². The molecule has 9 nitrogen and oxygen atoms in total. The number of hydrogen-bond acceptors (Lipinski definition) is 8. The van der Waals surface area contributed by atoms with E-state index in [1.165, 1.54) is 22.8 Å². The predicted octanol–water partition coefficient (Wildman–Crippen LogP) is 3.27. The van der Waals surface area contributed by atoms with Crippen LogP contribution in [0.4, 0.5) is 5.69 Å². The Morgan fingerprint density at radius 3 is 2.69 bits per heavy atom. The van der Waals surface area contributed by atoms with E-state index in [9.17, 15) is 19.7 Å². The van der Waals surface area contributed by atoms with Crippen LogP contribution in [0.3, 0.4) is 0 Å². The molecule has 10 heteroatoms. The molecule has 4 rings (SSSR count). The molecule has 0 amide bonds. The summed E-state index contributed by atoms with van der Waals surface area (Å²) in [7, 11) is 0. The van der Waals surface area contributed by atoms with Crippen molar-refractivity contribution in [3.05, 3.63) is 113 Å². The van der Waals surface area contributed by atoms with Gasteiger partial charge < -0.3 is 9.47 Å². The summed E-state index contributed by atoms with van der Waals surface area (Å²) in [6, 6.07) is 12.4. The summed E-state index contributed by atoms with van der Waals surface area (Å²) in [5, 5.41) is 11.2. The Morgan fingerprint density at radius 1 is 1.28 bits per heavy atom. The molecule has 0 N–H and O–H groups in total. The highest BCUT2D eigenvalue weighted by Gasteiger charge is 2.33. The number of benzene rings is 2. The molecule has 2 heterocycles. The second-order valence-corrected chi connectivity index (χ2v) is 8.83. The van der Waals surface area contributed by atoms with Crippen molar-refractivity contribution < 1.29 is 19.2 Å². The van der Waals surface area contributed by atoms with Crippen LogP contribution in [0.25, 0.3) is 6.08 Å². The maximum absolute atomic E-state index is 13.6. The fourth-order valence-electron chi connectivity index (χ4n) is 3.90. The van der Waals surface area contributed by atoms with E-state index in [0.29, 0.717) is 38.5 Å². The SMILES string of the molecule is C=CCOC(=O)C1=C(C)N=c2s/c(=C\c3cccc([N+](=O)[O-])c3)c(=O)n2C1c1ccc(OCC)cc1. The summed E-state index contributed by atoms with van der Waals surface area (Å²) >= 11 is 1.15. The van der Waals surface area contributed by atoms with Crippen LogP contribution in [-0.4, -0.2) is 28.7 Å². The molecule has 0 bridgehead atoms. The van der Waals surface area contributed by atoms with Gasteiger partial charge in [-0.15, -0.1) is 0 Å². The summed E-state index contributed by atoms with van der Waals surface area (Å²) < 4.78 is 12.7. The lowest BCUT2D eigenvalue weighted by atomic mass is 9.96. The average Bonchev–Trinajstić information content (AvgIpc) is 3.16. The lowest BCUT2D eigenvalue weighted by molar-refractivity contribution is -0.384. The van der Waals surface area contributed by atoms with E-state index < -0.39 is 16.9 Å². The summed E-state index contributed by atoms with van der Waals surface area (Å²) in [6.07, 6.45) is 3.05. The zero-order valence-electron chi connectivity index (χ0n) is 19.7. The third-order valence-corrected chi connectivity index (χ3v) is 6.44. The van der Waals surface area contributed by atoms with Crippen LogP contribution in [0.1, 0.15) is 31.0 Å². The molecule has 184 valence electrons. The van der Waals surface area contributed by atoms with Gasteiger partial charge in [0, 0.05) is 12.1 Å². The molecule has 1 unspecified atom stereocenters. The van der Waals surface area contributed by atoms with E-state index in [1.807, 2.05) is 6.92 Å². The minimum atomic E-state index is -0.776. The number of allylic oxidation sites excluding steroid dienone is 1. The van der Waals surface area contributed by atoms with E-state index in [-0.39, 0.29) is 23.4 Å². The first-order valence-corrected chi connectivity index (χ1v) is 11.9. The highest BCUT2D eigenvalue weighted by atomic mass is 32.1. The number of carbonyl (C=O) groups excluding carboxylic acids is 1.